The Kier molecular flexibility index (Phi) is 5.27. The van der Waals surface area contributed by atoms with Crippen LogP contribution in [0.2, 0.25) is 5.02 Å². The van der Waals surface area contributed by atoms with Crippen molar-refractivity contribution in [3.8, 4) is 0 Å². The molecule has 0 saturated carbocycles. The molecule has 0 radical (unpaired) electrons. The highest BCUT2D eigenvalue weighted by molar-refractivity contribution is 6.33. The van der Waals surface area contributed by atoms with E-state index in [1.165, 1.54) is 0 Å². The van der Waals surface area contributed by atoms with Gasteiger partial charge in [0.25, 0.3) is 0 Å². The molecular weight excluding hydrogens is 377 g/mol. The Morgan fingerprint density at radius 1 is 1.31 bits per heavy atom. The van der Waals surface area contributed by atoms with Gasteiger partial charge in [0.1, 0.15) is 5.82 Å². The van der Waals surface area contributed by atoms with Gasteiger partial charge in [-0.2, -0.15) is 13.2 Å². The number of ether oxygens (including phenoxy) is 2. The number of piperidine rings is 1. The first-order valence-electron chi connectivity index (χ1n) is 8.10. The van der Waals surface area contributed by atoms with Crippen LogP contribution in [-0.4, -0.2) is 42.7 Å². The standard InChI is InChI=1S/C16H16ClF3N2O4/c17-11-7-10(16(18,19)20)8-21-13(11)22-4-1-9(2-5-22)14(23)26-12-3-6-25-15(12)24/h7-9,12H,1-6H2/t12-/m0/s1. The predicted octanol–water partition coefficient (Wildman–Crippen LogP) is 2.83. The minimum atomic E-state index is -4.51. The van der Waals surface area contributed by atoms with Crippen LogP contribution in [0, 0.1) is 5.92 Å². The van der Waals surface area contributed by atoms with Crippen molar-refractivity contribution < 1.29 is 32.2 Å². The molecule has 10 heteroatoms. The molecule has 0 aromatic carbocycles. The first kappa shape index (κ1) is 18.8. The number of nitrogens with zero attached hydrogens (tertiary/aromatic N) is 2. The molecule has 1 atom stereocenters. The minimum Gasteiger partial charge on any atom is -0.463 e. The van der Waals surface area contributed by atoms with Crippen LogP contribution >= 0.6 is 11.6 Å². The number of hydrogen-bond donors (Lipinski definition) is 0. The van der Waals surface area contributed by atoms with Crippen molar-refractivity contribution in [1.29, 1.82) is 0 Å². The first-order valence-corrected chi connectivity index (χ1v) is 8.48. The molecule has 2 saturated heterocycles. The van der Waals surface area contributed by atoms with Gasteiger partial charge in [-0.1, -0.05) is 11.6 Å². The number of alkyl halides is 3. The minimum absolute atomic E-state index is 0.0884. The van der Waals surface area contributed by atoms with E-state index in [1.807, 2.05) is 0 Å². The Hall–Kier alpha value is -2.03. The van der Waals surface area contributed by atoms with Crippen molar-refractivity contribution >= 4 is 29.4 Å². The SMILES string of the molecule is O=C(O[C@H]1CCOC1=O)C1CCN(c2ncc(C(F)(F)F)cc2Cl)CC1. The molecule has 0 amide bonds. The van der Waals surface area contributed by atoms with Gasteiger partial charge in [-0.3, -0.25) is 4.79 Å². The second-order valence-corrected chi connectivity index (χ2v) is 6.58. The van der Waals surface area contributed by atoms with Gasteiger partial charge in [0.2, 0.25) is 6.10 Å². The Morgan fingerprint density at radius 3 is 2.54 bits per heavy atom. The number of carbonyl (C=O) groups is 2. The van der Waals surface area contributed by atoms with Crippen LogP contribution in [-0.2, 0) is 25.2 Å². The summed E-state index contributed by atoms with van der Waals surface area (Å²) < 4.78 is 48.0. The molecule has 1 aromatic heterocycles. The van der Waals surface area contributed by atoms with E-state index in [2.05, 4.69) is 4.98 Å². The lowest BCUT2D eigenvalue weighted by atomic mass is 9.97. The van der Waals surface area contributed by atoms with Crippen molar-refractivity contribution in [1.82, 2.24) is 4.98 Å². The first-order chi connectivity index (χ1) is 12.3. The summed E-state index contributed by atoms with van der Waals surface area (Å²) in [5, 5.41) is -0.0884. The lowest BCUT2D eigenvalue weighted by Gasteiger charge is -2.32. The number of anilines is 1. The molecule has 26 heavy (non-hydrogen) atoms. The highest BCUT2D eigenvalue weighted by Gasteiger charge is 2.35. The third kappa shape index (κ3) is 4.03. The van der Waals surface area contributed by atoms with Crippen molar-refractivity contribution in [2.24, 2.45) is 5.92 Å². The Morgan fingerprint density at radius 2 is 2.00 bits per heavy atom. The number of esters is 2. The van der Waals surface area contributed by atoms with Crippen LogP contribution in [0.15, 0.2) is 12.3 Å². The van der Waals surface area contributed by atoms with Crippen LogP contribution in [0.5, 0.6) is 0 Å². The van der Waals surface area contributed by atoms with Gasteiger partial charge in [0.05, 0.1) is 23.1 Å². The summed E-state index contributed by atoms with van der Waals surface area (Å²) in [5.74, 6) is -1.12. The summed E-state index contributed by atoms with van der Waals surface area (Å²) in [6.07, 6.45) is -3.39. The summed E-state index contributed by atoms with van der Waals surface area (Å²) in [7, 11) is 0. The van der Waals surface area contributed by atoms with Crippen molar-refractivity contribution in [2.75, 3.05) is 24.6 Å². The van der Waals surface area contributed by atoms with Crippen molar-refractivity contribution in [3.05, 3.63) is 22.8 Å². The Balaban J connectivity index is 1.58. The molecule has 1 aromatic rings. The van der Waals surface area contributed by atoms with E-state index in [4.69, 9.17) is 21.1 Å². The summed E-state index contributed by atoms with van der Waals surface area (Å²) >= 11 is 5.95. The zero-order valence-corrected chi connectivity index (χ0v) is 14.3. The van der Waals surface area contributed by atoms with Gasteiger partial charge in [0, 0.05) is 25.7 Å². The topological polar surface area (TPSA) is 68.7 Å². The van der Waals surface area contributed by atoms with Gasteiger partial charge < -0.3 is 14.4 Å². The van der Waals surface area contributed by atoms with Gasteiger partial charge in [-0.15, -0.1) is 0 Å². The van der Waals surface area contributed by atoms with E-state index in [0.29, 0.717) is 32.4 Å². The summed E-state index contributed by atoms with van der Waals surface area (Å²) in [6.45, 7) is 1.03. The van der Waals surface area contributed by atoms with Crippen LogP contribution in [0.3, 0.4) is 0 Å². The molecule has 142 valence electrons. The summed E-state index contributed by atoms with van der Waals surface area (Å²) in [5.41, 5.74) is -0.909. The molecule has 3 heterocycles. The number of pyridine rings is 1. The second-order valence-electron chi connectivity index (χ2n) is 6.17. The average molecular weight is 393 g/mol. The van der Waals surface area contributed by atoms with E-state index in [0.717, 1.165) is 12.3 Å². The number of carbonyl (C=O) groups excluding carboxylic acids is 2. The predicted molar refractivity (Wildman–Crippen MR) is 84.6 cm³/mol. The number of cyclic esters (lactones) is 1. The molecule has 6 nitrogen and oxygen atoms in total. The molecule has 2 aliphatic heterocycles. The van der Waals surface area contributed by atoms with Crippen LogP contribution in [0.4, 0.5) is 19.0 Å². The van der Waals surface area contributed by atoms with E-state index in [9.17, 15) is 22.8 Å². The molecule has 2 aliphatic rings. The summed E-state index contributed by atoms with van der Waals surface area (Å²) in [4.78, 5) is 29.1. The lowest BCUT2D eigenvalue weighted by Crippen LogP contribution is -2.38. The highest BCUT2D eigenvalue weighted by atomic mass is 35.5. The fourth-order valence-electron chi connectivity index (χ4n) is 2.97. The Labute approximate surface area is 152 Å². The van der Waals surface area contributed by atoms with Crippen LogP contribution < -0.4 is 4.90 Å². The number of hydrogen-bond acceptors (Lipinski definition) is 6. The fourth-order valence-corrected chi connectivity index (χ4v) is 3.25. The average Bonchev–Trinajstić information content (AvgIpc) is 2.99. The largest absolute Gasteiger partial charge is 0.463 e. The maximum Gasteiger partial charge on any atom is 0.417 e. The fraction of sp³-hybridized carbons (Fsp3) is 0.562. The lowest BCUT2D eigenvalue weighted by molar-refractivity contribution is -0.163. The summed E-state index contributed by atoms with van der Waals surface area (Å²) in [6, 6.07) is 0.843. The van der Waals surface area contributed by atoms with E-state index < -0.39 is 29.8 Å². The second kappa shape index (κ2) is 7.30. The number of halogens is 4. The molecule has 0 spiro atoms. The van der Waals surface area contributed by atoms with Crippen molar-refractivity contribution in [3.63, 3.8) is 0 Å². The molecule has 2 fully saturated rings. The quantitative estimate of drug-likeness (QED) is 0.737. The molecule has 0 unspecified atom stereocenters. The van der Waals surface area contributed by atoms with Crippen LogP contribution in [0.25, 0.3) is 0 Å². The Bertz CT molecular complexity index is 705. The third-order valence-electron chi connectivity index (χ3n) is 4.42. The van der Waals surface area contributed by atoms with Crippen LogP contribution in [0.1, 0.15) is 24.8 Å². The molecule has 0 bridgehead atoms. The number of rotatable bonds is 3. The van der Waals surface area contributed by atoms with Crippen molar-refractivity contribution in [2.45, 2.75) is 31.5 Å². The van der Waals surface area contributed by atoms with Gasteiger partial charge in [-0.25, -0.2) is 9.78 Å². The van der Waals surface area contributed by atoms with E-state index in [-0.39, 0.29) is 23.4 Å². The molecule has 0 N–H and O–H groups in total. The van der Waals surface area contributed by atoms with E-state index in [1.54, 1.807) is 4.90 Å². The third-order valence-corrected chi connectivity index (χ3v) is 4.70. The molecular formula is C16H16ClF3N2O4. The molecule has 3 rings (SSSR count). The normalized spacial score (nSPS) is 21.6. The van der Waals surface area contributed by atoms with E-state index >= 15 is 0 Å². The zero-order chi connectivity index (χ0) is 18.9. The monoisotopic (exact) mass is 392 g/mol. The van der Waals surface area contributed by atoms with Gasteiger partial charge >= 0.3 is 18.1 Å². The van der Waals surface area contributed by atoms with Gasteiger partial charge in [-0.05, 0) is 18.9 Å². The zero-order valence-electron chi connectivity index (χ0n) is 13.6. The maximum atomic E-state index is 12.7. The maximum absolute atomic E-state index is 12.7. The number of aromatic nitrogens is 1. The van der Waals surface area contributed by atoms with Gasteiger partial charge in [0.15, 0.2) is 0 Å². The molecule has 0 aliphatic carbocycles. The highest BCUT2D eigenvalue weighted by Crippen LogP contribution is 2.34. The smallest absolute Gasteiger partial charge is 0.417 e.